The summed E-state index contributed by atoms with van der Waals surface area (Å²) in [5, 5.41) is 88.3. The summed E-state index contributed by atoms with van der Waals surface area (Å²) >= 11 is 2.36. The van der Waals surface area contributed by atoms with Gasteiger partial charge in [0, 0.05) is 50.3 Å². The number of aryl methyl sites for hydroxylation is 1. The number of urea groups is 3. The fourth-order valence-corrected chi connectivity index (χ4v) is 21.4. The van der Waals surface area contributed by atoms with Crippen LogP contribution in [-0.2, 0) is 109 Å². The highest BCUT2D eigenvalue weighted by molar-refractivity contribution is 7.94. The molecular weight excluding hydrogens is 1310 g/mol. The van der Waals surface area contributed by atoms with E-state index >= 15 is 0 Å². The van der Waals surface area contributed by atoms with Crippen LogP contribution in [-0.4, -0.2) is 121 Å². The number of anilines is 3. The fraction of sp³-hybridized carbons (Fsp3) is 0.526. The monoisotopic (exact) mass is 1380 g/mol. The van der Waals surface area contributed by atoms with Crippen LogP contribution in [0, 0.1) is 17.8 Å². The number of nitrogens with two attached hydrogens (primary N) is 3. The summed E-state index contributed by atoms with van der Waals surface area (Å²) < 4.78 is 53.5. The van der Waals surface area contributed by atoms with Gasteiger partial charge in [-0.15, -0.1) is 47.1 Å². The maximum Gasteiger partial charge on any atom is 0.354 e. The van der Waals surface area contributed by atoms with E-state index in [1.807, 2.05) is 0 Å². The van der Waals surface area contributed by atoms with Crippen molar-refractivity contribution in [1.29, 1.82) is 0 Å². The van der Waals surface area contributed by atoms with Gasteiger partial charge in [0.1, 0.15) is 44.5 Å². The summed E-state index contributed by atoms with van der Waals surface area (Å²) in [4.78, 5) is 70.5. The molecular formula is C57H73N15O12S6Si. The van der Waals surface area contributed by atoms with Crippen LogP contribution in [0.1, 0.15) is 155 Å². The summed E-state index contributed by atoms with van der Waals surface area (Å²) in [6.45, 7) is 6.37. The van der Waals surface area contributed by atoms with Gasteiger partial charge in [0.05, 0.1) is 55.5 Å². The van der Waals surface area contributed by atoms with E-state index in [-0.39, 0.29) is 57.2 Å². The molecule has 0 saturated carbocycles. The fourth-order valence-electron chi connectivity index (χ4n) is 14.0. The van der Waals surface area contributed by atoms with Gasteiger partial charge < -0.3 is 46.6 Å². The van der Waals surface area contributed by atoms with Crippen molar-refractivity contribution in [3.8, 4) is 0 Å². The molecule has 0 fully saturated rings. The zero-order valence-electron chi connectivity index (χ0n) is 50.8. The molecule has 27 nitrogen and oxygen atoms in total. The van der Waals surface area contributed by atoms with Crippen molar-refractivity contribution in [2.45, 2.75) is 164 Å². The first kappa shape index (κ1) is 65.5. The number of nitrogens with zero attached hydrogens (tertiary/aromatic N) is 9. The number of carbonyl (C=O) groups excluding carboxylic acids is 3. The largest absolute Gasteiger partial charge is 0.393 e. The Morgan fingerprint density at radius 2 is 1.05 bits per heavy atom. The summed E-state index contributed by atoms with van der Waals surface area (Å²) in [5.74, 6) is 0.0392. The van der Waals surface area contributed by atoms with Gasteiger partial charge in [-0.25, -0.2) is 57.4 Å². The second kappa shape index (κ2) is 23.7. The van der Waals surface area contributed by atoms with Crippen molar-refractivity contribution in [2.24, 2.45) is 46.3 Å². The van der Waals surface area contributed by atoms with E-state index in [4.69, 9.17) is 30.4 Å². The second-order valence-corrected chi connectivity index (χ2v) is 37.3. The molecule has 6 aromatic rings. The molecule has 0 aromatic carbocycles. The molecule has 6 aromatic heterocycles. The Kier molecular flexibility index (Phi) is 17.1. The number of fused-ring (bicyclic) bond motifs is 6. The van der Waals surface area contributed by atoms with E-state index in [0.717, 1.165) is 121 Å². The van der Waals surface area contributed by atoms with Crippen molar-refractivity contribution in [2.75, 3.05) is 35.8 Å². The zero-order chi connectivity index (χ0) is 65.3. The summed E-state index contributed by atoms with van der Waals surface area (Å²) in [6, 6.07) is -2.79. The minimum absolute atomic E-state index is 0.0183. The van der Waals surface area contributed by atoms with Crippen molar-refractivity contribution < 1.29 is 57.6 Å². The number of aromatic nitrogens is 6. The lowest BCUT2D eigenvalue weighted by atomic mass is 9.81. The molecule has 6 heterocycles. The van der Waals surface area contributed by atoms with Crippen LogP contribution >= 0.6 is 34.0 Å². The summed E-state index contributed by atoms with van der Waals surface area (Å²) in [7, 11) is -10.9. The Balaban J connectivity index is 0.840. The molecule has 6 aliphatic rings. The molecule has 0 saturated heterocycles. The van der Waals surface area contributed by atoms with E-state index in [2.05, 4.69) is 57.8 Å². The van der Waals surface area contributed by atoms with Crippen molar-refractivity contribution in [1.82, 2.24) is 29.9 Å². The molecule has 15 N–H and O–H groups in total. The summed E-state index contributed by atoms with van der Waals surface area (Å²) in [5.41, 5.74) is 6.74. The van der Waals surface area contributed by atoms with Crippen LogP contribution in [0.25, 0.3) is 0 Å². The van der Waals surface area contributed by atoms with Crippen molar-refractivity contribution in [3.05, 3.63) is 101 Å². The van der Waals surface area contributed by atoms with E-state index in [1.165, 1.54) is 39.4 Å². The Bertz CT molecular complexity index is 4440. The van der Waals surface area contributed by atoms with Gasteiger partial charge >= 0.3 is 18.1 Å². The van der Waals surface area contributed by atoms with Gasteiger partial charge in [-0.1, -0.05) is 13.8 Å². The molecule has 12 rings (SSSR count). The van der Waals surface area contributed by atoms with Crippen LogP contribution in [0.2, 0.25) is 0 Å². The number of hydrogen-bond acceptors (Lipinski definition) is 21. The first-order valence-electron chi connectivity index (χ1n) is 29.8. The molecule has 0 spiro atoms. The zero-order valence-corrected chi connectivity index (χ0v) is 57.7. The van der Waals surface area contributed by atoms with Gasteiger partial charge in [0.15, 0.2) is 29.7 Å². The van der Waals surface area contributed by atoms with Gasteiger partial charge in [-0.2, -0.15) is 0 Å². The Morgan fingerprint density at radius 3 is 1.57 bits per heavy atom. The molecule has 12 atom stereocenters. The van der Waals surface area contributed by atoms with E-state index in [1.54, 1.807) is 0 Å². The van der Waals surface area contributed by atoms with E-state index in [0.29, 0.717) is 91.5 Å². The average molecular weight is 1380 g/mol. The number of nitrogens with one attached hydrogen (secondary N) is 3. The molecule has 0 bridgehead atoms. The lowest BCUT2D eigenvalue weighted by molar-refractivity contribution is -0.00255. The quantitative estimate of drug-likeness (QED) is 0.0642. The molecule has 34 heteroatoms. The molecule has 488 valence electrons. The van der Waals surface area contributed by atoms with Crippen LogP contribution in [0.15, 0.2) is 44.3 Å². The minimum atomic E-state index is -3.93. The molecule has 6 aliphatic carbocycles. The highest BCUT2D eigenvalue weighted by Gasteiger charge is 2.50. The third kappa shape index (κ3) is 12.1. The number of hydrogen-bond donors (Lipinski definition) is 12. The van der Waals surface area contributed by atoms with Crippen LogP contribution < -0.4 is 31.4 Å². The Hall–Kier alpha value is -5.54. The van der Waals surface area contributed by atoms with Crippen LogP contribution in [0.5, 0.6) is 0 Å². The van der Waals surface area contributed by atoms with Gasteiger partial charge in [-0.05, 0) is 166 Å². The smallest absolute Gasteiger partial charge is 0.354 e. The topological polar surface area (TPSA) is 452 Å². The van der Waals surface area contributed by atoms with Gasteiger partial charge in [0.25, 0.3) is 0 Å². The number of carbonyl (C=O) groups is 3. The third-order valence-electron chi connectivity index (χ3n) is 18.8. The Labute approximate surface area is 540 Å². The third-order valence-corrected chi connectivity index (χ3v) is 29.4. The van der Waals surface area contributed by atoms with E-state index < -0.39 is 89.5 Å². The number of thiazole rings is 3. The molecule has 0 radical (unpaired) electrons. The lowest BCUT2D eigenvalue weighted by Gasteiger charge is -2.32. The Morgan fingerprint density at radius 1 is 0.604 bits per heavy atom. The molecule has 0 aliphatic heterocycles. The standard InChI is InChI=1S/C57H73N15O12S6Si/c1-25-9-11-30-42(25)65-38-17-28(16-33(38)45(30)68-52(77)71-89(59,83)40-20-62-49(86-40)55(3,80)23-74)35-18-34-46(69-53(78)72-90(60,84)41-21-63-50(87-41)56(4,81)24-75)32-14-26(15-37(32)66-47(34)57(35,5)91)13-27-10-12-31-43(27)64-36-8-6-7-29(36)44(31)67-51(76)70-88(58,82)39-19-61-48(85-39)54(2,79)22-73/h19-21,25-28,35,73-75,79-81H,6-18,22-24H2,1-5,91H3,(H3,58,64,67,70,76,82)(H3,59,65,68,71,77,83)(H3,60,66,69,72,78,84)/t25?,26?,27?,28?,35?,54?,55?,56-,57-,88?,89-,90?/m1/s1. The highest BCUT2D eigenvalue weighted by atomic mass is 32.2. The number of rotatable bonds is 15. The number of pyridine rings is 3. The minimum Gasteiger partial charge on any atom is -0.393 e. The number of amides is 6. The predicted octanol–water partition coefficient (Wildman–Crippen LogP) is 4.18. The van der Waals surface area contributed by atoms with Gasteiger partial charge in [0.2, 0.25) is 0 Å². The first-order valence-corrected chi connectivity index (χ1v) is 38.0. The van der Waals surface area contributed by atoms with Gasteiger partial charge in [-0.3, -0.25) is 15.0 Å². The number of aliphatic hydroxyl groups excluding tert-OH is 3. The van der Waals surface area contributed by atoms with Crippen LogP contribution in [0.4, 0.5) is 31.4 Å². The highest BCUT2D eigenvalue weighted by Crippen LogP contribution is 2.54. The second-order valence-electron chi connectivity index (χ2n) is 26.0. The molecule has 6 amide bonds. The summed E-state index contributed by atoms with van der Waals surface area (Å²) in [6.07, 6.45) is 11.8. The molecule has 9 unspecified atom stereocenters. The molecule has 91 heavy (non-hydrogen) atoms. The normalized spacial score (nSPS) is 25.1. The van der Waals surface area contributed by atoms with Crippen LogP contribution in [0.3, 0.4) is 0 Å². The van der Waals surface area contributed by atoms with E-state index in [9.17, 15) is 57.6 Å². The SMILES string of the molecule is CC1CCc2c1nc1c(c2NC(=O)N=[S@@](N)(=O)c2cnc(C(C)(O)CO)s2)CC(C2Cc3c(nc4c(c3NC(=O)N=S(N)(=O)c3cnc([C@](C)(O)CO)s3)CC(CC3CCc5c3nc3c(c5NC(=O)N=S(N)(=O)c5cnc(C(C)(O)CO)s5)CCC3)C4)[C@]2(C)[SiH3])C1. The van der Waals surface area contributed by atoms with Crippen molar-refractivity contribution in [3.63, 3.8) is 0 Å². The predicted molar refractivity (Wildman–Crippen MR) is 346 cm³/mol. The maximum atomic E-state index is 14.4. The number of aliphatic hydroxyl groups is 6. The van der Waals surface area contributed by atoms with Crippen molar-refractivity contribution >= 4 is 109 Å². The lowest BCUT2D eigenvalue weighted by Crippen LogP contribution is -2.35. The average Bonchev–Trinajstić information content (AvgIpc) is 1.57. The first-order chi connectivity index (χ1) is 42.7. The maximum absolute atomic E-state index is 14.4.